The van der Waals surface area contributed by atoms with Gasteiger partial charge in [-0.15, -0.1) is 0 Å². The lowest BCUT2D eigenvalue weighted by molar-refractivity contribution is 1.13. The molecule has 0 saturated heterocycles. The molecule has 0 radical (unpaired) electrons. The van der Waals surface area contributed by atoms with Gasteiger partial charge in [0.05, 0.1) is 0 Å². The molecule has 76 valence electrons. The fourth-order valence-corrected chi connectivity index (χ4v) is 1.74. The number of hydrogen-bond donors (Lipinski definition) is 1. The van der Waals surface area contributed by atoms with Gasteiger partial charge in [-0.1, -0.05) is 40.5 Å². The molecule has 0 atom stereocenters. The molecular weight excluding hydrogens is 261 g/mol. The first kappa shape index (κ1) is 11.6. The van der Waals surface area contributed by atoms with Crippen LogP contribution in [-0.2, 0) is 6.42 Å². The molecule has 0 aromatic heterocycles. The third kappa shape index (κ3) is 3.35. The van der Waals surface area contributed by atoms with E-state index in [2.05, 4.69) is 40.3 Å². The summed E-state index contributed by atoms with van der Waals surface area (Å²) in [7, 11) is 0. The smallest absolute Gasteiger partial charge is 0.0375 e. The lowest BCUT2D eigenvalue weighted by Crippen LogP contribution is -2.01. The number of hydrogen-bond acceptors (Lipinski definition) is 1. The second-order valence-electron chi connectivity index (χ2n) is 2.90. The van der Waals surface area contributed by atoms with Crippen molar-refractivity contribution >= 4 is 33.2 Å². The molecule has 1 rings (SSSR count). The predicted octanol–water partition coefficient (Wildman–Crippen LogP) is 4.18. The van der Waals surface area contributed by atoms with Crippen LogP contribution in [0.2, 0.25) is 0 Å². The van der Waals surface area contributed by atoms with Crippen molar-refractivity contribution in [3.05, 3.63) is 39.8 Å². The second-order valence-corrected chi connectivity index (χ2v) is 4.07. The minimum atomic E-state index is 0.762. The Balaban J connectivity index is 2.74. The van der Waals surface area contributed by atoms with Gasteiger partial charge in [0.1, 0.15) is 0 Å². The molecule has 0 saturated carbocycles. The maximum Gasteiger partial charge on any atom is 0.0375 e. The van der Waals surface area contributed by atoms with Crippen LogP contribution < -0.4 is 5.32 Å². The minimum absolute atomic E-state index is 0.762. The molecule has 0 aliphatic heterocycles. The van der Waals surface area contributed by atoms with Crippen molar-refractivity contribution in [2.24, 2.45) is 0 Å². The Bertz CT molecular complexity index is 323. The predicted molar refractivity (Wildman–Crippen MR) is 67.0 cm³/mol. The molecule has 0 unspecified atom stereocenters. The number of rotatable bonds is 4. The van der Waals surface area contributed by atoms with Gasteiger partial charge in [0, 0.05) is 22.2 Å². The number of halogens is 2. The summed E-state index contributed by atoms with van der Waals surface area (Å²) in [6.45, 7) is 2.91. The van der Waals surface area contributed by atoms with E-state index < -0.39 is 0 Å². The summed E-state index contributed by atoms with van der Waals surface area (Å²) in [5.74, 6) is 0. The molecule has 1 nitrogen and oxygen atoms in total. The quantitative estimate of drug-likeness (QED) is 0.869. The first-order valence-corrected chi connectivity index (χ1v) is 5.78. The number of aryl methyl sites for hydroxylation is 1. The lowest BCUT2D eigenvalue weighted by atomic mass is 10.1. The average molecular weight is 275 g/mol. The Hall–Kier alpha value is -0.470. The van der Waals surface area contributed by atoms with Crippen LogP contribution >= 0.6 is 27.5 Å². The Kier molecular flexibility index (Phi) is 5.05. The molecule has 0 amide bonds. The number of anilines is 1. The highest BCUT2D eigenvalue weighted by molar-refractivity contribution is 9.10. The van der Waals surface area contributed by atoms with Gasteiger partial charge in [0.15, 0.2) is 0 Å². The van der Waals surface area contributed by atoms with E-state index >= 15 is 0 Å². The van der Waals surface area contributed by atoms with Crippen molar-refractivity contribution in [2.45, 2.75) is 13.3 Å². The molecule has 1 N–H and O–H groups in total. The normalized spacial score (nSPS) is 10.8. The molecule has 14 heavy (non-hydrogen) atoms. The van der Waals surface area contributed by atoms with Gasteiger partial charge in [-0.05, 0) is 30.2 Å². The summed E-state index contributed by atoms with van der Waals surface area (Å²) >= 11 is 8.89. The molecule has 1 aromatic carbocycles. The summed E-state index contributed by atoms with van der Waals surface area (Å²) in [6, 6.07) is 6.24. The van der Waals surface area contributed by atoms with Gasteiger partial charge in [-0.3, -0.25) is 0 Å². The van der Waals surface area contributed by atoms with E-state index in [0.717, 1.165) is 17.4 Å². The largest absolute Gasteiger partial charge is 0.381 e. The van der Waals surface area contributed by atoms with Crippen molar-refractivity contribution in [2.75, 3.05) is 11.9 Å². The summed E-state index contributed by atoms with van der Waals surface area (Å²) in [4.78, 5) is 0. The van der Waals surface area contributed by atoms with Crippen LogP contribution in [0.1, 0.15) is 12.5 Å². The van der Waals surface area contributed by atoms with Crippen molar-refractivity contribution in [1.29, 1.82) is 0 Å². The van der Waals surface area contributed by atoms with E-state index in [4.69, 9.17) is 11.6 Å². The average Bonchev–Trinajstić information content (AvgIpc) is 2.20. The van der Waals surface area contributed by atoms with Gasteiger partial charge in [0.25, 0.3) is 0 Å². The van der Waals surface area contributed by atoms with Crippen molar-refractivity contribution < 1.29 is 0 Å². The lowest BCUT2D eigenvalue weighted by Gasteiger charge is -2.09. The molecule has 0 aliphatic carbocycles. The highest BCUT2D eigenvalue weighted by atomic mass is 79.9. The van der Waals surface area contributed by atoms with Crippen LogP contribution in [0.15, 0.2) is 34.3 Å². The monoisotopic (exact) mass is 273 g/mol. The van der Waals surface area contributed by atoms with Crippen LogP contribution in [-0.4, -0.2) is 6.54 Å². The highest BCUT2D eigenvalue weighted by Gasteiger charge is 1.99. The zero-order valence-electron chi connectivity index (χ0n) is 8.06. The Morgan fingerprint density at radius 2 is 2.29 bits per heavy atom. The highest BCUT2D eigenvalue weighted by Crippen LogP contribution is 2.21. The second kappa shape index (κ2) is 6.10. The number of benzene rings is 1. The summed E-state index contributed by atoms with van der Waals surface area (Å²) in [5, 5.41) is 3.30. The molecular formula is C11H13BrClN. The fraction of sp³-hybridized carbons (Fsp3) is 0.273. The van der Waals surface area contributed by atoms with Gasteiger partial charge in [-0.25, -0.2) is 0 Å². The van der Waals surface area contributed by atoms with Gasteiger partial charge in [0.2, 0.25) is 0 Å². The first-order valence-electron chi connectivity index (χ1n) is 4.55. The van der Waals surface area contributed by atoms with Crippen molar-refractivity contribution in [1.82, 2.24) is 0 Å². The van der Waals surface area contributed by atoms with Crippen LogP contribution in [0.5, 0.6) is 0 Å². The summed E-state index contributed by atoms with van der Waals surface area (Å²) < 4.78 is 1.12. The SMILES string of the molecule is CCc1cc(Br)ccc1NC/C=C/Cl. The fourth-order valence-electron chi connectivity index (χ4n) is 1.24. The van der Waals surface area contributed by atoms with Gasteiger partial charge < -0.3 is 5.32 Å². The van der Waals surface area contributed by atoms with Gasteiger partial charge in [-0.2, -0.15) is 0 Å². The van der Waals surface area contributed by atoms with Crippen LogP contribution in [0.4, 0.5) is 5.69 Å². The molecule has 0 bridgehead atoms. The molecule has 0 spiro atoms. The minimum Gasteiger partial charge on any atom is -0.381 e. The Morgan fingerprint density at radius 1 is 1.50 bits per heavy atom. The third-order valence-corrected chi connectivity index (χ3v) is 2.62. The van der Waals surface area contributed by atoms with Crippen LogP contribution in [0.3, 0.4) is 0 Å². The summed E-state index contributed by atoms with van der Waals surface area (Å²) in [5.41, 5.74) is 4.00. The molecule has 0 heterocycles. The Labute approximate surface area is 98.3 Å². The van der Waals surface area contributed by atoms with E-state index in [1.54, 1.807) is 0 Å². The molecule has 3 heteroatoms. The van der Waals surface area contributed by atoms with E-state index in [0.29, 0.717) is 0 Å². The van der Waals surface area contributed by atoms with Crippen molar-refractivity contribution in [3.63, 3.8) is 0 Å². The van der Waals surface area contributed by atoms with Gasteiger partial charge >= 0.3 is 0 Å². The van der Waals surface area contributed by atoms with Crippen LogP contribution in [0.25, 0.3) is 0 Å². The third-order valence-electron chi connectivity index (χ3n) is 1.95. The van der Waals surface area contributed by atoms with E-state index in [1.165, 1.54) is 16.8 Å². The molecule has 1 aromatic rings. The van der Waals surface area contributed by atoms with Crippen molar-refractivity contribution in [3.8, 4) is 0 Å². The van der Waals surface area contributed by atoms with Crippen LogP contribution in [0, 0.1) is 0 Å². The molecule has 0 fully saturated rings. The standard InChI is InChI=1S/C11H13BrClN/c1-2-9-8-10(12)4-5-11(9)14-7-3-6-13/h3-6,8,14H,2,7H2,1H3/b6-3+. The topological polar surface area (TPSA) is 12.0 Å². The number of nitrogens with one attached hydrogen (secondary N) is 1. The maximum atomic E-state index is 5.44. The molecule has 0 aliphatic rings. The van der Waals surface area contributed by atoms with E-state index in [-0.39, 0.29) is 0 Å². The zero-order valence-corrected chi connectivity index (χ0v) is 10.4. The van der Waals surface area contributed by atoms with E-state index in [1.807, 2.05) is 12.1 Å². The summed E-state index contributed by atoms with van der Waals surface area (Å²) in [6.07, 6.45) is 2.90. The zero-order chi connectivity index (χ0) is 10.4. The van der Waals surface area contributed by atoms with E-state index in [9.17, 15) is 0 Å². The first-order chi connectivity index (χ1) is 6.77. The Morgan fingerprint density at radius 3 is 2.93 bits per heavy atom. The maximum absolute atomic E-state index is 5.44.